The van der Waals surface area contributed by atoms with Gasteiger partial charge in [0.2, 0.25) is 5.17 Å². The van der Waals surface area contributed by atoms with Crippen molar-refractivity contribution in [2.24, 2.45) is 14.5 Å². The lowest BCUT2D eigenvalue weighted by molar-refractivity contribution is -0.384. The third kappa shape index (κ3) is 2.18. The van der Waals surface area contributed by atoms with Crippen LogP contribution in [0.1, 0.15) is 18.9 Å². The summed E-state index contributed by atoms with van der Waals surface area (Å²) in [6.07, 6.45) is 0.781. The van der Waals surface area contributed by atoms with Gasteiger partial charge >= 0.3 is 0 Å². The fourth-order valence-corrected chi connectivity index (χ4v) is 2.65. The lowest BCUT2D eigenvalue weighted by Gasteiger charge is -2.19. The van der Waals surface area contributed by atoms with Crippen molar-refractivity contribution in [3.8, 4) is 0 Å². The van der Waals surface area contributed by atoms with Crippen LogP contribution in [0.5, 0.6) is 0 Å². The number of fused-ring (bicyclic) bond motifs is 1. The number of nitrogens with zero attached hydrogens (tertiary/aromatic N) is 5. The van der Waals surface area contributed by atoms with Crippen molar-refractivity contribution in [2.45, 2.75) is 13.3 Å². The third-order valence-electron chi connectivity index (χ3n) is 2.97. The SMILES string of the molecule is CCC1=NSC2=NCC(c3ccc([N+](=O)[O-])cc3)=NN12. The molecule has 0 radical (unpaired) electrons. The molecule has 1 aromatic carbocycles. The minimum Gasteiger partial charge on any atom is -0.258 e. The summed E-state index contributed by atoms with van der Waals surface area (Å²) in [5.74, 6) is 0.868. The van der Waals surface area contributed by atoms with Gasteiger partial charge in [0.25, 0.3) is 5.69 Å². The van der Waals surface area contributed by atoms with E-state index >= 15 is 0 Å². The zero-order valence-corrected chi connectivity index (χ0v) is 11.5. The molecule has 0 saturated carbocycles. The average Bonchev–Trinajstić information content (AvgIpc) is 2.89. The van der Waals surface area contributed by atoms with E-state index in [-0.39, 0.29) is 5.69 Å². The van der Waals surface area contributed by atoms with E-state index in [9.17, 15) is 10.1 Å². The number of rotatable bonds is 3. The highest BCUT2D eigenvalue weighted by Crippen LogP contribution is 2.25. The molecule has 3 rings (SSSR count). The van der Waals surface area contributed by atoms with Crippen LogP contribution in [0.25, 0.3) is 0 Å². The molecule has 0 N–H and O–H groups in total. The van der Waals surface area contributed by atoms with Gasteiger partial charge in [0.1, 0.15) is 5.84 Å². The van der Waals surface area contributed by atoms with E-state index in [2.05, 4.69) is 14.5 Å². The Hall–Kier alpha value is -2.22. The molecule has 0 fully saturated rings. The highest BCUT2D eigenvalue weighted by Gasteiger charge is 2.27. The topological polar surface area (TPSA) is 83.5 Å². The molecule has 20 heavy (non-hydrogen) atoms. The first-order valence-corrected chi connectivity index (χ1v) is 6.87. The first kappa shape index (κ1) is 12.8. The first-order chi connectivity index (χ1) is 9.69. The van der Waals surface area contributed by atoms with Gasteiger partial charge in [-0.1, -0.05) is 6.92 Å². The van der Waals surface area contributed by atoms with Gasteiger partial charge in [0.05, 0.1) is 29.1 Å². The van der Waals surface area contributed by atoms with Crippen molar-refractivity contribution in [1.82, 2.24) is 5.01 Å². The smallest absolute Gasteiger partial charge is 0.258 e. The van der Waals surface area contributed by atoms with Gasteiger partial charge in [-0.2, -0.15) is 14.5 Å². The number of aliphatic imine (C=N–C) groups is 1. The van der Waals surface area contributed by atoms with E-state index in [1.807, 2.05) is 6.92 Å². The number of amidine groups is 2. The van der Waals surface area contributed by atoms with Gasteiger partial charge in [-0.05, 0) is 12.1 Å². The van der Waals surface area contributed by atoms with E-state index in [0.29, 0.717) is 6.54 Å². The second kappa shape index (κ2) is 5.04. The number of benzene rings is 1. The zero-order chi connectivity index (χ0) is 14.1. The largest absolute Gasteiger partial charge is 0.269 e. The molecule has 0 unspecified atom stereocenters. The Balaban J connectivity index is 1.88. The Morgan fingerprint density at radius 3 is 2.80 bits per heavy atom. The van der Waals surface area contributed by atoms with Gasteiger partial charge < -0.3 is 0 Å². The summed E-state index contributed by atoms with van der Waals surface area (Å²) < 4.78 is 4.30. The Labute approximate surface area is 119 Å². The number of hydrogen-bond donors (Lipinski definition) is 0. The molecule has 2 aliphatic rings. The molecule has 102 valence electrons. The monoisotopic (exact) mass is 289 g/mol. The summed E-state index contributed by atoms with van der Waals surface area (Å²) in [5, 5.41) is 17.7. The lowest BCUT2D eigenvalue weighted by atomic mass is 10.1. The zero-order valence-electron chi connectivity index (χ0n) is 10.7. The Bertz CT molecular complexity index is 650. The molecular weight excluding hydrogens is 278 g/mol. The van der Waals surface area contributed by atoms with Crippen molar-refractivity contribution in [1.29, 1.82) is 0 Å². The summed E-state index contributed by atoms with van der Waals surface area (Å²) >= 11 is 1.33. The molecule has 0 aliphatic carbocycles. The molecule has 2 aliphatic heterocycles. The van der Waals surface area contributed by atoms with Crippen LogP contribution in [0.15, 0.2) is 38.8 Å². The van der Waals surface area contributed by atoms with Crippen LogP contribution >= 0.6 is 11.9 Å². The molecule has 0 saturated heterocycles. The molecule has 7 nitrogen and oxygen atoms in total. The van der Waals surface area contributed by atoms with Gasteiger partial charge in [-0.25, -0.2) is 0 Å². The maximum atomic E-state index is 10.6. The molecule has 0 aromatic heterocycles. The van der Waals surface area contributed by atoms with Crippen LogP contribution in [0.4, 0.5) is 5.69 Å². The van der Waals surface area contributed by atoms with Crippen molar-refractivity contribution < 1.29 is 4.92 Å². The van der Waals surface area contributed by atoms with Gasteiger partial charge in [0.15, 0.2) is 0 Å². The number of hydrogen-bond acceptors (Lipinski definition) is 7. The molecule has 2 heterocycles. The molecular formula is C12H11N5O2S. The second-order valence-corrected chi connectivity index (χ2v) is 4.94. The van der Waals surface area contributed by atoms with Crippen LogP contribution < -0.4 is 0 Å². The van der Waals surface area contributed by atoms with Crippen LogP contribution in [0, 0.1) is 10.1 Å². The van der Waals surface area contributed by atoms with Gasteiger partial charge in [-0.15, -0.1) is 0 Å². The molecule has 0 bridgehead atoms. The standard InChI is InChI=1S/C12H11N5O2S/c1-2-11-15-20-12-13-7-10(14-16(11)12)8-3-5-9(6-4-8)17(18)19/h3-6H,2,7H2,1H3. The van der Waals surface area contributed by atoms with Crippen LogP contribution in [-0.4, -0.2) is 33.2 Å². The minimum absolute atomic E-state index is 0.0712. The van der Waals surface area contributed by atoms with E-state index in [1.165, 1.54) is 24.1 Å². The highest BCUT2D eigenvalue weighted by atomic mass is 32.2. The summed E-state index contributed by atoms with van der Waals surface area (Å²) in [4.78, 5) is 14.7. The molecule has 8 heteroatoms. The quantitative estimate of drug-likeness (QED) is 0.486. The van der Waals surface area contributed by atoms with Crippen molar-refractivity contribution in [2.75, 3.05) is 6.54 Å². The summed E-state index contributed by atoms with van der Waals surface area (Å²) in [5.41, 5.74) is 1.69. The van der Waals surface area contributed by atoms with E-state index in [1.54, 1.807) is 17.1 Å². The minimum atomic E-state index is -0.415. The van der Waals surface area contributed by atoms with E-state index in [0.717, 1.165) is 28.7 Å². The van der Waals surface area contributed by atoms with Crippen LogP contribution in [-0.2, 0) is 0 Å². The van der Waals surface area contributed by atoms with Crippen LogP contribution in [0.2, 0.25) is 0 Å². The Morgan fingerprint density at radius 2 is 2.15 bits per heavy atom. The lowest BCUT2D eigenvalue weighted by Crippen LogP contribution is -2.31. The van der Waals surface area contributed by atoms with Crippen molar-refractivity contribution in [3.05, 3.63) is 39.9 Å². The first-order valence-electron chi connectivity index (χ1n) is 6.10. The number of hydrazone groups is 1. The molecule has 1 aromatic rings. The fraction of sp³-hybridized carbons (Fsp3) is 0.250. The second-order valence-electron chi connectivity index (χ2n) is 4.21. The maximum absolute atomic E-state index is 10.6. The average molecular weight is 289 g/mol. The van der Waals surface area contributed by atoms with Crippen molar-refractivity contribution >= 4 is 34.4 Å². The van der Waals surface area contributed by atoms with Crippen LogP contribution in [0.3, 0.4) is 0 Å². The highest BCUT2D eigenvalue weighted by molar-refractivity contribution is 8.13. The molecule has 0 spiro atoms. The normalized spacial score (nSPS) is 17.2. The van der Waals surface area contributed by atoms with Gasteiger partial charge in [0, 0.05) is 24.1 Å². The van der Waals surface area contributed by atoms with Gasteiger partial charge in [-0.3, -0.25) is 15.1 Å². The molecule has 0 atom stereocenters. The van der Waals surface area contributed by atoms with Crippen molar-refractivity contribution in [3.63, 3.8) is 0 Å². The Kier molecular flexibility index (Phi) is 3.23. The summed E-state index contributed by atoms with van der Waals surface area (Å²) in [7, 11) is 0. The van der Waals surface area contributed by atoms with E-state index < -0.39 is 4.92 Å². The Morgan fingerprint density at radius 1 is 1.40 bits per heavy atom. The number of non-ortho nitro benzene ring substituents is 1. The summed E-state index contributed by atoms with van der Waals surface area (Å²) in [6.45, 7) is 2.47. The maximum Gasteiger partial charge on any atom is 0.269 e. The number of nitro groups is 1. The predicted molar refractivity (Wildman–Crippen MR) is 79.1 cm³/mol. The van der Waals surface area contributed by atoms with E-state index in [4.69, 9.17) is 0 Å². The third-order valence-corrected chi connectivity index (χ3v) is 3.74. The predicted octanol–water partition coefficient (Wildman–Crippen LogP) is 2.44. The molecule has 0 amide bonds. The summed E-state index contributed by atoms with van der Waals surface area (Å²) in [6, 6.07) is 6.35. The number of nitro benzene ring substituents is 1. The fourth-order valence-electron chi connectivity index (χ4n) is 1.91.